The third-order valence-corrected chi connectivity index (χ3v) is 8.84. The van der Waals surface area contributed by atoms with Crippen LogP contribution < -0.4 is 0 Å². The monoisotopic (exact) mass is 754 g/mol. The van der Waals surface area contributed by atoms with Crippen LogP contribution in [0.3, 0.4) is 0 Å². The Balaban J connectivity index is 0.000000270. The van der Waals surface area contributed by atoms with E-state index in [1.165, 1.54) is 14.2 Å². The third-order valence-electron chi connectivity index (χ3n) is 7.87. The fourth-order valence-electron chi connectivity index (χ4n) is 5.43. The molecule has 0 spiro atoms. The first-order valence-corrected chi connectivity index (χ1v) is 16.8. The van der Waals surface area contributed by atoms with Crippen molar-refractivity contribution in [2.24, 2.45) is 10.2 Å². The van der Waals surface area contributed by atoms with Crippen LogP contribution in [0.4, 0.5) is 0 Å². The zero-order chi connectivity index (χ0) is 36.5. The lowest BCUT2D eigenvalue weighted by molar-refractivity contribution is -0.141. The molecule has 0 N–H and O–H groups in total. The van der Waals surface area contributed by atoms with Crippen molar-refractivity contribution in [3.05, 3.63) is 160 Å². The first kappa shape index (κ1) is 40.0. The van der Waals surface area contributed by atoms with Gasteiger partial charge in [-0.1, -0.05) is 105 Å². The van der Waals surface area contributed by atoms with Crippen LogP contribution in [0.1, 0.15) is 71.9 Å². The van der Waals surface area contributed by atoms with E-state index in [4.69, 9.17) is 66.9 Å². The normalized spacial score (nSPS) is 12.8. The molecule has 0 fully saturated rings. The van der Waals surface area contributed by atoms with Gasteiger partial charge in [0.25, 0.3) is 0 Å². The topological polar surface area (TPSA) is 150 Å². The fraction of sp³-hybridized carbons (Fsp3) is 0.278. The van der Waals surface area contributed by atoms with Gasteiger partial charge in [-0.3, -0.25) is 9.59 Å². The number of rotatable bonds is 14. The summed E-state index contributed by atoms with van der Waals surface area (Å²) in [7, 11) is 2.70. The van der Waals surface area contributed by atoms with Crippen molar-refractivity contribution in [3.8, 4) is 0 Å². The predicted molar refractivity (Wildman–Crippen MR) is 198 cm³/mol. The van der Waals surface area contributed by atoms with E-state index in [0.29, 0.717) is 32.9 Å². The molecule has 0 radical (unpaired) electrons. The van der Waals surface area contributed by atoms with E-state index in [1.807, 2.05) is 60.7 Å². The molecule has 0 aliphatic rings. The molecular weight excluding hydrogens is 722 g/mol. The first-order chi connectivity index (χ1) is 24.1. The smallest absolute Gasteiger partial charge is 0.305 e. The van der Waals surface area contributed by atoms with Gasteiger partial charge in [0.05, 0.1) is 26.3 Å². The first-order valence-electron chi connectivity index (χ1n) is 15.3. The second kappa shape index (κ2) is 21.0. The summed E-state index contributed by atoms with van der Waals surface area (Å²) in [5.74, 6) is -1.09. The fourth-order valence-corrected chi connectivity index (χ4v) is 6.08. The molecule has 0 heterocycles. The van der Waals surface area contributed by atoms with Crippen molar-refractivity contribution >= 4 is 58.3 Å². The van der Waals surface area contributed by atoms with Crippen LogP contribution in [0, 0.1) is 0 Å². The Labute approximate surface area is 310 Å². The highest BCUT2D eigenvalue weighted by atomic mass is 35.5. The molecule has 0 aliphatic carbocycles. The lowest BCUT2D eigenvalue weighted by Crippen LogP contribution is -2.12. The summed E-state index contributed by atoms with van der Waals surface area (Å²) >= 11 is 24.1. The molecule has 14 heteroatoms. The van der Waals surface area contributed by atoms with Gasteiger partial charge in [0.15, 0.2) is 0 Å². The second-order valence-corrected chi connectivity index (χ2v) is 12.7. The number of azide groups is 2. The van der Waals surface area contributed by atoms with Crippen LogP contribution in [-0.4, -0.2) is 26.2 Å². The Kier molecular flexibility index (Phi) is 16.8. The van der Waals surface area contributed by atoms with Crippen LogP contribution in [-0.2, 0) is 19.1 Å². The van der Waals surface area contributed by atoms with Crippen LogP contribution >= 0.6 is 46.4 Å². The summed E-state index contributed by atoms with van der Waals surface area (Å²) in [6, 6.07) is 27.9. The minimum atomic E-state index is -0.495. The SMILES string of the molecule is COC(=O)CC[C@@H](c1cccc(Cl)c1)[C@@H](N=[N+]=[N-])c1ccc(Cl)cc1.COC(=O)CC[C@H](c1cccc(Cl)c1)[C@H](N=[N+]=[N-])c1ccc(Cl)cc1. The lowest BCUT2D eigenvalue weighted by Gasteiger charge is -2.24. The summed E-state index contributed by atoms with van der Waals surface area (Å²) in [5.41, 5.74) is 21.5. The van der Waals surface area contributed by atoms with Crippen molar-refractivity contribution in [2.45, 2.75) is 49.6 Å². The number of ether oxygens (including phenoxy) is 2. The van der Waals surface area contributed by atoms with Gasteiger partial charge in [0.1, 0.15) is 0 Å². The molecule has 0 amide bonds. The molecule has 0 aromatic heterocycles. The van der Waals surface area contributed by atoms with Crippen molar-refractivity contribution < 1.29 is 19.1 Å². The van der Waals surface area contributed by atoms with Gasteiger partial charge in [-0.2, -0.15) is 0 Å². The summed E-state index contributed by atoms with van der Waals surface area (Å²) in [6.45, 7) is 0. The molecule has 10 nitrogen and oxygen atoms in total. The Morgan fingerprint density at radius 1 is 0.580 bits per heavy atom. The van der Waals surface area contributed by atoms with Gasteiger partial charge >= 0.3 is 11.9 Å². The largest absolute Gasteiger partial charge is 0.469 e. The van der Waals surface area contributed by atoms with Crippen LogP contribution in [0.2, 0.25) is 20.1 Å². The molecular formula is C36H34Cl4N6O4. The van der Waals surface area contributed by atoms with Gasteiger partial charge in [0.2, 0.25) is 0 Å². The summed E-state index contributed by atoms with van der Waals surface area (Å²) in [6.07, 6.45) is 1.33. The Morgan fingerprint density at radius 2 is 0.940 bits per heavy atom. The average molecular weight is 757 g/mol. The number of carbonyl (C=O) groups excluding carboxylic acids is 2. The zero-order valence-corrected chi connectivity index (χ0v) is 30.2. The van der Waals surface area contributed by atoms with E-state index in [1.54, 1.807) is 36.4 Å². The molecule has 0 saturated heterocycles. The Morgan fingerprint density at radius 3 is 1.24 bits per heavy atom. The maximum Gasteiger partial charge on any atom is 0.305 e. The zero-order valence-electron chi connectivity index (χ0n) is 27.2. The number of hydrogen-bond donors (Lipinski definition) is 0. The quantitative estimate of drug-likeness (QED) is 0.0544. The predicted octanol–water partition coefficient (Wildman–Crippen LogP) is 12.2. The lowest BCUT2D eigenvalue weighted by atomic mass is 9.84. The maximum atomic E-state index is 11.6. The number of methoxy groups -OCH3 is 2. The molecule has 0 bridgehead atoms. The molecule has 4 rings (SSSR count). The van der Waals surface area contributed by atoms with Gasteiger partial charge in [-0.25, -0.2) is 0 Å². The highest BCUT2D eigenvalue weighted by Crippen LogP contribution is 2.40. The van der Waals surface area contributed by atoms with E-state index in [2.05, 4.69) is 20.1 Å². The van der Waals surface area contributed by atoms with Crippen LogP contribution in [0.25, 0.3) is 20.9 Å². The van der Waals surface area contributed by atoms with Gasteiger partial charge in [-0.05, 0) is 107 Å². The molecule has 0 saturated carbocycles. The Bertz CT molecular complexity index is 1680. The van der Waals surface area contributed by atoms with Crippen molar-refractivity contribution in [1.82, 2.24) is 0 Å². The van der Waals surface area contributed by atoms with E-state index in [0.717, 1.165) is 22.3 Å². The van der Waals surface area contributed by atoms with E-state index in [-0.39, 0.29) is 36.6 Å². The molecule has 0 unspecified atom stereocenters. The highest BCUT2D eigenvalue weighted by molar-refractivity contribution is 6.31. The molecule has 260 valence electrons. The summed E-state index contributed by atoms with van der Waals surface area (Å²) in [5, 5.41) is 10.3. The van der Waals surface area contributed by atoms with E-state index in [9.17, 15) is 9.59 Å². The number of esters is 2. The summed E-state index contributed by atoms with van der Waals surface area (Å²) < 4.78 is 9.47. The average Bonchev–Trinajstić information content (AvgIpc) is 3.12. The van der Waals surface area contributed by atoms with Gasteiger partial charge in [-0.15, -0.1) is 0 Å². The number of hydrogen-bond acceptors (Lipinski definition) is 6. The molecule has 0 aliphatic heterocycles. The van der Waals surface area contributed by atoms with Gasteiger partial charge < -0.3 is 9.47 Å². The molecule has 4 aromatic rings. The molecule has 4 aromatic carbocycles. The highest BCUT2D eigenvalue weighted by Gasteiger charge is 2.26. The van der Waals surface area contributed by atoms with Crippen LogP contribution in [0.15, 0.2) is 107 Å². The van der Waals surface area contributed by atoms with Crippen molar-refractivity contribution in [2.75, 3.05) is 14.2 Å². The van der Waals surface area contributed by atoms with Crippen LogP contribution in [0.5, 0.6) is 0 Å². The molecule has 4 atom stereocenters. The Hall–Kier alpha value is -4.40. The number of carbonyl (C=O) groups is 2. The number of halogens is 4. The van der Waals surface area contributed by atoms with Gasteiger partial charge in [0, 0.05) is 42.8 Å². The standard InChI is InChI=1S/2C18H17Cl2N3O2/c2*1-25-17(24)10-9-16(13-3-2-4-15(20)11-13)18(22-23-21)12-5-7-14(19)8-6-12/h2*2-8,11,16,18H,9-10H2,1H3/t2*16-,18-/m10/s1. The summed E-state index contributed by atoms with van der Waals surface area (Å²) in [4.78, 5) is 29.2. The third kappa shape index (κ3) is 12.5. The van der Waals surface area contributed by atoms with Crippen molar-refractivity contribution in [3.63, 3.8) is 0 Å². The number of nitrogens with zero attached hydrogens (tertiary/aromatic N) is 6. The van der Waals surface area contributed by atoms with Crippen molar-refractivity contribution in [1.29, 1.82) is 0 Å². The van der Waals surface area contributed by atoms with E-state index < -0.39 is 12.1 Å². The minimum absolute atomic E-state index is 0.207. The number of benzene rings is 4. The second-order valence-electron chi connectivity index (χ2n) is 11.0. The maximum absolute atomic E-state index is 11.6. The molecule has 50 heavy (non-hydrogen) atoms. The minimum Gasteiger partial charge on any atom is -0.469 e. The van der Waals surface area contributed by atoms with E-state index >= 15 is 0 Å².